The largest absolute Gasteiger partial charge is 0.384 e. The smallest absolute Gasteiger partial charge is 0.185 e. The zero-order valence-corrected chi connectivity index (χ0v) is 5.19. The van der Waals surface area contributed by atoms with E-state index in [2.05, 4.69) is 0 Å². The molecule has 0 amide bonds. The van der Waals surface area contributed by atoms with Gasteiger partial charge in [0.15, 0.2) is 6.29 Å². The lowest BCUT2D eigenvalue weighted by atomic mass is 10.2. The van der Waals surface area contributed by atoms with Gasteiger partial charge in [0.2, 0.25) is 0 Å². The standard InChI is InChI=1S/C6H10O3/c1-4-2-3-5(7)6(8)9-4/h2-8H,1H3/t4-,5-,6?/m1/s1. The molecule has 1 aliphatic rings. The summed E-state index contributed by atoms with van der Waals surface area (Å²) in [6, 6.07) is 0. The van der Waals surface area contributed by atoms with Crippen molar-refractivity contribution >= 4 is 0 Å². The van der Waals surface area contributed by atoms with Gasteiger partial charge in [0.1, 0.15) is 6.10 Å². The van der Waals surface area contributed by atoms with Gasteiger partial charge in [0.25, 0.3) is 0 Å². The van der Waals surface area contributed by atoms with Crippen molar-refractivity contribution in [1.29, 1.82) is 0 Å². The summed E-state index contributed by atoms with van der Waals surface area (Å²) in [4.78, 5) is 0. The highest BCUT2D eigenvalue weighted by atomic mass is 16.6. The molecular formula is C6H10O3. The van der Waals surface area contributed by atoms with Crippen molar-refractivity contribution in [2.75, 3.05) is 0 Å². The van der Waals surface area contributed by atoms with Crippen LogP contribution in [0.2, 0.25) is 0 Å². The third kappa shape index (κ3) is 1.51. The maximum atomic E-state index is 8.83. The lowest BCUT2D eigenvalue weighted by Crippen LogP contribution is -2.33. The molecule has 0 bridgehead atoms. The summed E-state index contributed by atoms with van der Waals surface area (Å²) >= 11 is 0. The molecule has 0 aromatic carbocycles. The van der Waals surface area contributed by atoms with Crippen molar-refractivity contribution in [3.05, 3.63) is 12.2 Å². The summed E-state index contributed by atoms with van der Waals surface area (Å²) in [6.45, 7) is 1.80. The summed E-state index contributed by atoms with van der Waals surface area (Å²) in [6.07, 6.45) is 1.23. The summed E-state index contributed by atoms with van der Waals surface area (Å²) in [5.74, 6) is 0. The van der Waals surface area contributed by atoms with Crippen LogP contribution in [0.25, 0.3) is 0 Å². The van der Waals surface area contributed by atoms with E-state index in [1.807, 2.05) is 0 Å². The number of hydrogen-bond acceptors (Lipinski definition) is 3. The predicted molar refractivity (Wildman–Crippen MR) is 31.7 cm³/mol. The fourth-order valence-electron chi connectivity index (χ4n) is 0.711. The Bertz CT molecular complexity index is 121. The molecule has 1 heterocycles. The van der Waals surface area contributed by atoms with Crippen LogP contribution >= 0.6 is 0 Å². The van der Waals surface area contributed by atoms with Gasteiger partial charge in [0, 0.05) is 0 Å². The van der Waals surface area contributed by atoms with E-state index in [-0.39, 0.29) is 6.10 Å². The predicted octanol–water partition coefficient (Wildman–Crippen LogP) is -0.359. The minimum atomic E-state index is -1.05. The zero-order valence-electron chi connectivity index (χ0n) is 5.19. The van der Waals surface area contributed by atoms with Crippen molar-refractivity contribution in [3.63, 3.8) is 0 Å². The zero-order chi connectivity index (χ0) is 6.85. The molecule has 1 aliphatic heterocycles. The Morgan fingerprint density at radius 2 is 2.00 bits per heavy atom. The number of rotatable bonds is 0. The number of hydrogen-bond donors (Lipinski definition) is 2. The molecule has 0 radical (unpaired) electrons. The van der Waals surface area contributed by atoms with Crippen LogP contribution in [-0.4, -0.2) is 28.7 Å². The third-order valence-electron chi connectivity index (χ3n) is 1.23. The maximum absolute atomic E-state index is 8.83. The van der Waals surface area contributed by atoms with Gasteiger partial charge in [-0.2, -0.15) is 0 Å². The Labute approximate surface area is 53.6 Å². The van der Waals surface area contributed by atoms with Crippen molar-refractivity contribution in [3.8, 4) is 0 Å². The Morgan fingerprint density at radius 3 is 2.44 bits per heavy atom. The minimum Gasteiger partial charge on any atom is -0.384 e. The van der Waals surface area contributed by atoms with Crippen LogP contribution in [-0.2, 0) is 4.74 Å². The van der Waals surface area contributed by atoms with Gasteiger partial charge in [-0.05, 0) is 6.92 Å². The maximum Gasteiger partial charge on any atom is 0.185 e. The summed E-state index contributed by atoms with van der Waals surface area (Å²) in [5.41, 5.74) is 0. The summed E-state index contributed by atoms with van der Waals surface area (Å²) < 4.78 is 4.82. The molecule has 1 rings (SSSR count). The number of ether oxygens (including phenoxy) is 1. The molecular weight excluding hydrogens is 120 g/mol. The third-order valence-corrected chi connectivity index (χ3v) is 1.23. The molecule has 52 valence electrons. The van der Waals surface area contributed by atoms with E-state index in [4.69, 9.17) is 14.9 Å². The van der Waals surface area contributed by atoms with Gasteiger partial charge in [-0.1, -0.05) is 12.2 Å². The van der Waals surface area contributed by atoms with Gasteiger partial charge in [-0.25, -0.2) is 0 Å². The molecule has 0 aromatic rings. The number of aliphatic hydroxyl groups is 2. The molecule has 3 heteroatoms. The highest BCUT2D eigenvalue weighted by Crippen LogP contribution is 2.09. The molecule has 1 unspecified atom stereocenters. The first kappa shape index (κ1) is 6.74. The van der Waals surface area contributed by atoms with Crippen LogP contribution in [0.15, 0.2) is 12.2 Å². The van der Waals surface area contributed by atoms with E-state index in [0.717, 1.165) is 0 Å². The van der Waals surface area contributed by atoms with Gasteiger partial charge in [0.05, 0.1) is 6.10 Å². The first-order valence-corrected chi connectivity index (χ1v) is 2.90. The Morgan fingerprint density at radius 1 is 1.33 bits per heavy atom. The highest BCUT2D eigenvalue weighted by Gasteiger charge is 2.19. The first-order valence-electron chi connectivity index (χ1n) is 2.90. The van der Waals surface area contributed by atoms with E-state index >= 15 is 0 Å². The molecule has 0 aromatic heterocycles. The van der Waals surface area contributed by atoms with Crippen LogP contribution in [0.3, 0.4) is 0 Å². The van der Waals surface area contributed by atoms with Gasteiger partial charge < -0.3 is 14.9 Å². The molecule has 3 atom stereocenters. The van der Waals surface area contributed by atoms with Crippen LogP contribution < -0.4 is 0 Å². The summed E-state index contributed by atoms with van der Waals surface area (Å²) in [5, 5.41) is 17.7. The van der Waals surface area contributed by atoms with Gasteiger partial charge in [-0.15, -0.1) is 0 Å². The van der Waals surface area contributed by atoms with Crippen LogP contribution in [0.4, 0.5) is 0 Å². The molecule has 2 N–H and O–H groups in total. The topological polar surface area (TPSA) is 49.7 Å². The van der Waals surface area contributed by atoms with Crippen molar-refractivity contribution in [2.45, 2.75) is 25.4 Å². The fourth-order valence-corrected chi connectivity index (χ4v) is 0.711. The SMILES string of the molecule is C[C@@H]1C=C[C@@H](O)C(O)O1. The molecule has 0 saturated carbocycles. The molecule has 0 spiro atoms. The van der Waals surface area contributed by atoms with E-state index in [0.29, 0.717) is 0 Å². The first-order chi connectivity index (χ1) is 4.20. The van der Waals surface area contributed by atoms with Gasteiger partial charge in [-0.3, -0.25) is 0 Å². The van der Waals surface area contributed by atoms with E-state index < -0.39 is 12.4 Å². The number of aliphatic hydroxyl groups excluding tert-OH is 2. The fraction of sp³-hybridized carbons (Fsp3) is 0.667. The van der Waals surface area contributed by atoms with Crippen LogP contribution in [0, 0.1) is 0 Å². The quantitative estimate of drug-likeness (QED) is 0.440. The Hall–Kier alpha value is -0.380. The Kier molecular flexibility index (Phi) is 1.85. The molecule has 0 aliphatic carbocycles. The second kappa shape index (κ2) is 2.47. The van der Waals surface area contributed by atoms with Crippen LogP contribution in [0.1, 0.15) is 6.92 Å². The lowest BCUT2D eigenvalue weighted by Gasteiger charge is -2.22. The van der Waals surface area contributed by atoms with Crippen molar-refractivity contribution in [2.24, 2.45) is 0 Å². The second-order valence-electron chi connectivity index (χ2n) is 2.11. The minimum absolute atomic E-state index is 0.0941. The average molecular weight is 130 g/mol. The molecule has 9 heavy (non-hydrogen) atoms. The van der Waals surface area contributed by atoms with Gasteiger partial charge >= 0.3 is 0 Å². The average Bonchev–Trinajstić information content (AvgIpc) is 1.80. The molecule has 0 fully saturated rings. The van der Waals surface area contributed by atoms with Crippen molar-refractivity contribution in [1.82, 2.24) is 0 Å². The Balaban J connectivity index is 2.54. The van der Waals surface area contributed by atoms with E-state index in [9.17, 15) is 0 Å². The summed E-state index contributed by atoms with van der Waals surface area (Å²) in [7, 11) is 0. The van der Waals surface area contributed by atoms with E-state index in [1.165, 1.54) is 6.08 Å². The normalized spacial score (nSPS) is 43.2. The van der Waals surface area contributed by atoms with E-state index in [1.54, 1.807) is 13.0 Å². The molecule has 3 nitrogen and oxygen atoms in total. The lowest BCUT2D eigenvalue weighted by molar-refractivity contribution is -0.169. The van der Waals surface area contributed by atoms with Crippen LogP contribution in [0.5, 0.6) is 0 Å². The second-order valence-corrected chi connectivity index (χ2v) is 2.11. The molecule has 0 saturated heterocycles. The van der Waals surface area contributed by atoms with Crippen molar-refractivity contribution < 1.29 is 14.9 Å². The monoisotopic (exact) mass is 130 g/mol. The highest BCUT2D eigenvalue weighted by molar-refractivity contribution is 4.97.